The molecule has 1 aliphatic heterocycles. The normalized spacial score (nSPS) is 14.5. The van der Waals surface area contributed by atoms with E-state index in [2.05, 4.69) is 4.72 Å². The minimum absolute atomic E-state index is 0.00752. The van der Waals surface area contributed by atoms with E-state index >= 15 is 0 Å². The van der Waals surface area contributed by atoms with E-state index in [-0.39, 0.29) is 42.6 Å². The van der Waals surface area contributed by atoms with Gasteiger partial charge in [-0.25, -0.2) is 21.6 Å². The van der Waals surface area contributed by atoms with Crippen molar-refractivity contribution in [2.24, 2.45) is 0 Å². The lowest BCUT2D eigenvalue weighted by Crippen LogP contribution is -2.55. The molecule has 0 aliphatic carbocycles. The van der Waals surface area contributed by atoms with Crippen molar-refractivity contribution in [1.82, 2.24) is 13.9 Å². The highest BCUT2D eigenvalue weighted by atomic mass is 32.2. The van der Waals surface area contributed by atoms with Crippen LogP contribution in [0.15, 0.2) is 119 Å². The molecule has 17 nitrogen and oxygen atoms in total. The molecule has 6 rings (SSSR count). The molecule has 356 valence electrons. The van der Waals surface area contributed by atoms with Crippen LogP contribution >= 0.6 is 0 Å². The Labute approximate surface area is 385 Å². The Morgan fingerprint density at radius 1 is 0.836 bits per heavy atom. The number of rotatable bonds is 19. The predicted molar refractivity (Wildman–Crippen MR) is 242 cm³/mol. The van der Waals surface area contributed by atoms with Gasteiger partial charge in [-0.2, -0.15) is 17.5 Å². The van der Waals surface area contributed by atoms with Crippen molar-refractivity contribution in [2.75, 3.05) is 50.8 Å². The van der Waals surface area contributed by atoms with E-state index in [0.717, 1.165) is 52.8 Å². The molecule has 1 heterocycles. The fourth-order valence-electron chi connectivity index (χ4n) is 7.80. The summed E-state index contributed by atoms with van der Waals surface area (Å²) in [5, 5.41) is 23.2. The number of halogens is 3. The smallest absolute Gasteiger partial charge is 0.417 e. The summed E-state index contributed by atoms with van der Waals surface area (Å²) in [4.78, 5) is 37.8. The average molecular weight is 969 g/mol. The number of non-ortho nitro benzene ring substituents is 1. The van der Waals surface area contributed by atoms with E-state index in [0.29, 0.717) is 41.2 Å². The van der Waals surface area contributed by atoms with E-state index in [4.69, 9.17) is 9.47 Å². The molecule has 1 unspecified atom stereocenters. The highest BCUT2D eigenvalue weighted by Crippen LogP contribution is 2.38. The van der Waals surface area contributed by atoms with Gasteiger partial charge in [-0.05, 0) is 86.0 Å². The maximum absolute atomic E-state index is 14.6. The first-order chi connectivity index (χ1) is 31.8. The lowest BCUT2D eigenvalue weighted by Gasteiger charge is -2.43. The van der Waals surface area contributed by atoms with Crippen LogP contribution in [-0.2, 0) is 32.8 Å². The van der Waals surface area contributed by atoms with Crippen LogP contribution in [0.2, 0.25) is 0 Å². The van der Waals surface area contributed by atoms with Gasteiger partial charge in [0.1, 0.15) is 11.5 Å². The van der Waals surface area contributed by atoms with Gasteiger partial charge in [0, 0.05) is 74.8 Å². The zero-order valence-electron chi connectivity index (χ0n) is 36.5. The minimum atomic E-state index is -4.86. The van der Waals surface area contributed by atoms with Crippen LogP contribution in [0, 0.1) is 20.2 Å². The van der Waals surface area contributed by atoms with E-state index in [9.17, 15) is 55.0 Å². The number of benzene rings is 5. The highest BCUT2D eigenvalue weighted by Gasteiger charge is 2.39. The fraction of sp³-hybridized carbons (Fsp3) is 0.311. The first kappa shape index (κ1) is 49.8. The number of para-hydroxylation sites is 2. The Bertz CT molecular complexity index is 2850. The van der Waals surface area contributed by atoms with Gasteiger partial charge in [-0.3, -0.25) is 25.0 Å². The molecule has 1 fully saturated rings. The second-order valence-electron chi connectivity index (χ2n) is 15.1. The van der Waals surface area contributed by atoms with Crippen LogP contribution in [0.25, 0.3) is 11.1 Å². The molecule has 67 heavy (non-hydrogen) atoms. The highest BCUT2D eigenvalue weighted by molar-refractivity contribution is 7.89. The van der Waals surface area contributed by atoms with Crippen molar-refractivity contribution in [1.29, 1.82) is 0 Å². The van der Waals surface area contributed by atoms with Crippen molar-refractivity contribution >= 4 is 43.0 Å². The third-order valence-corrected chi connectivity index (χ3v) is 14.4. The van der Waals surface area contributed by atoms with Crippen molar-refractivity contribution in [3.05, 3.63) is 146 Å². The largest absolute Gasteiger partial charge is 0.494 e. The number of piperazine rings is 1. The van der Waals surface area contributed by atoms with Gasteiger partial charge in [0.25, 0.3) is 17.3 Å². The molecule has 1 aliphatic rings. The number of hydrogen-bond acceptors (Lipinski definition) is 12. The minimum Gasteiger partial charge on any atom is -0.494 e. The van der Waals surface area contributed by atoms with E-state index in [1.165, 1.54) is 23.1 Å². The molecule has 1 amide bonds. The molecule has 0 saturated carbocycles. The Balaban J connectivity index is 1.41. The molecule has 5 aromatic rings. The maximum Gasteiger partial charge on any atom is 0.417 e. The third kappa shape index (κ3) is 11.3. The number of nitrogens with one attached hydrogen (secondary N) is 1. The molecular formula is C45H47F3N6O11S2. The molecule has 1 N–H and O–H groups in total. The van der Waals surface area contributed by atoms with Crippen molar-refractivity contribution in [3.63, 3.8) is 0 Å². The van der Waals surface area contributed by atoms with Crippen LogP contribution in [-0.4, -0.2) is 93.8 Å². The standard InChI is InChI=1S/C45H47F3N6O11S2/c1-4-33-30-50(44(55)38-21-18-35(64-5-2)28-39(38)45(46,47)48)25-26-52(33)40-22-15-31(37-11-7-9-13-42(37)65-6-3)27-32(40)29-51(67(62,63)36-19-16-34(17-20-36)53(56)57)24-23-49-66(60,61)43-14-10-8-12-41(43)54(58)59/h7-22,27-28,33,49H,4-6,23-26,29-30H2,1-3H3. The van der Waals surface area contributed by atoms with Crippen LogP contribution in [0.5, 0.6) is 11.5 Å². The van der Waals surface area contributed by atoms with Crippen molar-refractivity contribution in [2.45, 2.75) is 55.7 Å². The summed E-state index contributed by atoms with van der Waals surface area (Å²) in [5.41, 5.74) is -0.623. The SMILES string of the molecule is CCOc1ccc(C(=O)N2CCN(c3ccc(-c4ccccc4OCC)cc3CN(CCNS(=O)(=O)c3ccccc3[N+](=O)[O-])S(=O)(=O)c3ccc([N+](=O)[O-])cc3)C(CC)C2)c(C(F)(F)F)c1. The molecule has 0 radical (unpaired) electrons. The Kier molecular flexibility index (Phi) is 15.5. The molecule has 0 aromatic heterocycles. The number of alkyl halides is 3. The number of sulfonamides is 2. The molecule has 0 spiro atoms. The van der Waals surface area contributed by atoms with Crippen LogP contribution in [0.1, 0.15) is 48.7 Å². The number of ether oxygens (including phenoxy) is 2. The Hall–Kier alpha value is -6.62. The molecule has 0 bridgehead atoms. The number of amides is 1. The number of nitro benzene ring substituents is 2. The Morgan fingerprint density at radius 3 is 2.18 bits per heavy atom. The van der Waals surface area contributed by atoms with Gasteiger partial charge in [-0.15, -0.1) is 0 Å². The van der Waals surface area contributed by atoms with E-state index in [1.807, 2.05) is 24.8 Å². The van der Waals surface area contributed by atoms with Crippen molar-refractivity contribution < 1.29 is 54.1 Å². The van der Waals surface area contributed by atoms with Crippen LogP contribution < -0.4 is 19.1 Å². The predicted octanol–water partition coefficient (Wildman–Crippen LogP) is 7.90. The molecule has 1 saturated heterocycles. The molecule has 1 atom stereocenters. The third-order valence-electron chi connectivity index (χ3n) is 11.0. The maximum atomic E-state index is 14.6. The number of nitro groups is 2. The average Bonchev–Trinajstić information content (AvgIpc) is 3.30. The second kappa shape index (κ2) is 20.9. The second-order valence-corrected chi connectivity index (χ2v) is 18.8. The lowest BCUT2D eigenvalue weighted by molar-refractivity contribution is -0.387. The summed E-state index contributed by atoms with van der Waals surface area (Å²) in [7, 11) is -9.19. The summed E-state index contributed by atoms with van der Waals surface area (Å²) in [6.07, 6.45) is -4.47. The number of anilines is 1. The summed E-state index contributed by atoms with van der Waals surface area (Å²) in [6, 6.07) is 23.9. The lowest BCUT2D eigenvalue weighted by atomic mass is 9.98. The van der Waals surface area contributed by atoms with Crippen molar-refractivity contribution in [3.8, 4) is 22.6 Å². The number of carbonyl (C=O) groups is 1. The number of hydrogen-bond donors (Lipinski definition) is 1. The van der Waals surface area contributed by atoms with Gasteiger partial charge in [0.15, 0.2) is 4.90 Å². The quantitative estimate of drug-likeness (QED) is 0.0618. The number of carbonyl (C=O) groups excluding carboxylic acids is 1. The van der Waals surface area contributed by atoms with Gasteiger partial charge >= 0.3 is 6.18 Å². The topological polar surface area (TPSA) is 212 Å². The fourth-order valence-corrected chi connectivity index (χ4v) is 10.4. The first-order valence-corrected chi connectivity index (χ1v) is 24.0. The molecular weight excluding hydrogens is 922 g/mol. The summed E-state index contributed by atoms with van der Waals surface area (Å²) >= 11 is 0. The van der Waals surface area contributed by atoms with E-state index in [1.54, 1.807) is 43.3 Å². The zero-order chi connectivity index (χ0) is 48.7. The monoisotopic (exact) mass is 968 g/mol. The van der Waals surface area contributed by atoms with Gasteiger partial charge < -0.3 is 19.3 Å². The zero-order valence-corrected chi connectivity index (χ0v) is 38.1. The van der Waals surface area contributed by atoms with Gasteiger partial charge in [0.05, 0.1) is 39.1 Å². The first-order valence-electron chi connectivity index (χ1n) is 21.0. The molecule has 5 aromatic carbocycles. The van der Waals surface area contributed by atoms with Gasteiger partial charge in [-0.1, -0.05) is 43.3 Å². The molecule has 22 heteroatoms. The van der Waals surface area contributed by atoms with Gasteiger partial charge in [0.2, 0.25) is 20.0 Å². The van der Waals surface area contributed by atoms with Crippen LogP contribution in [0.3, 0.4) is 0 Å². The number of nitrogens with zero attached hydrogens (tertiary/aromatic N) is 5. The summed E-state index contributed by atoms with van der Waals surface area (Å²) < 4.78 is 114. The van der Waals surface area contributed by atoms with E-state index < -0.39 is 89.4 Å². The Morgan fingerprint density at radius 2 is 1.52 bits per heavy atom. The van der Waals surface area contributed by atoms with Crippen LogP contribution in [0.4, 0.5) is 30.2 Å². The summed E-state index contributed by atoms with van der Waals surface area (Å²) in [6.45, 7) is 4.25. The summed E-state index contributed by atoms with van der Waals surface area (Å²) in [5.74, 6) is -0.348.